The van der Waals surface area contributed by atoms with Gasteiger partial charge in [0.05, 0.1) is 0 Å². The number of piperidine rings is 1. The van der Waals surface area contributed by atoms with Crippen molar-refractivity contribution in [1.82, 2.24) is 4.90 Å². The maximum atomic E-state index is 12.7. The zero-order valence-electron chi connectivity index (χ0n) is 11.9. The first kappa shape index (κ1) is 14.1. The SMILES string of the molecule is O=C(C1Cc2ccccc2C1)N1CCCC(CCBr)C1. The molecular formula is C17H22BrNO. The molecule has 0 bridgehead atoms. The number of likely N-dealkylation sites (tertiary alicyclic amines) is 1. The molecule has 1 amide bonds. The molecule has 1 saturated heterocycles. The Hall–Kier alpha value is -0.830. The molecular weight excluding hydrogens is 314 g/mol. The van der Waals surface area contributed by atoms with Crippen LogP contribution >= 0.6 is 15.9 Å². The van der Waals surface area contributed by atoms with E-state index in [1.165, 1.54) is 30.4 Å². The third-order valence-corrected chi connectivity index (χ3v) is 5.21. The van der Waals surface area contributed by atoms with Gasteiger partial charge in [-0.3, -0.25) is 4.79 Å². The number of amides is 1. The monoisotopic (exact) mass is 335 g/mol. The van der Waals surface area contributed by atoms with Gasteiger partial charge in [-0.2, -0.15) is 0 Å². The third-order valence-electron chi connectivity index (χ3n) is 4.75. The molecule has 1 atom stereocenters. The molecule has 1 unspecified atom stereocenters. The Bertz CT molecular complexity index is 461. The molecule has 1 aliphatic carbocycles. The molecule has 3 heteroatoms. The van der Waals surface area contributed by atoms with E-state index in [1.807, 2.05) is 0 Å². The molecule has 1 aromatic rings. The van der Waals surface area contributed by atoms with Crippen LogP contribution in [-0.4, -0.2) is 29.2 Å². The van der Waals surface area contributed by atoms with Crippen molar-refractivity contribution in [2.45, 2.75) is 32.1 Å². The molecule has 1 heterocycles. The summed E-state index contributed by atoms with van der Waals surface area (Å²) in [4.78, 5) is 14.9. The third kappa shape index (κ3) is 2.93. The van der Waals surface area contributed by atoms with Crippen LogP contribution in [0.25, 0.3) is 0 Å². The molecule has 0 aromatic heterocycles. The fourth-order valence-corrected chi connectivity index (χ4v) is 4.29. The van der Waals surface area contributed by atoms with Gasteiger partial charge in [-0.25, -0.2) is 0 Å². The summed E-state index contributed by atoms with van der Waals surface area (Å²) in [6.07, 6.45) is 5.52. The van der Waals surface area contributed by atoms with Crippen LogP contribution in [0.2, 0.25) is 0 Å². The van der Waals surface area contributed by atoms with Crippen molar-refractivity contribution in [3.8, 4) is 0 Å². The number of hydrogen-bond acceptors (Lipinski definition) is 1. The maximum Gasteiger partial charge on any atom is 0.226 e. The van der Waals surface area contributed by atoms with Crippen molar-refractivity contribution >= 4 is 21.8 Å². The average Bonchev–Trinajstić information content (AvgIpc) is 2.91. The van der Waals surface area contributed by atoms with Gasteiger partial charge >= 0.3 is 0 Å². The summed E-state index contributed by atoms with van der Waals surface area (Å²) in [7, 11) is 0. The standard InChI is InChI=1S/C17H22BrNO/c18-8-7-13-4-3-9-19(12-13)17(20)16-10-14-5-1-2-6-15(14)11-16/h1-2,5-6,13,16H,3-4,7-12H2. The van der Waals surface area contributed by atoms with Crippen LogP contribution in [-0.2, 0) is 17.6 Å². The van der Waals surface area contributed by atoms with E-state index >= 15 is 0 Å². The lowest BCUT2D eigenvalue weighted by Crippen LogP contribution is -2.43. The average molecular weight is 336 g/mol. The summed E-state index contributed by atoms with van der Waals surface area (Å²) < 4.78 is 0. The minimum Gasteiger partial charge on any atom is -0.342 e. The van der Waals surface area contributed by atoms with E-state index in [1.54, 1.807) is 0 Å². The van der Waals surface area contributed by atoms with Gasteiger partial charge in [0.1, 0.15) is 0 Å². The molecule has 1 aromatic carbocycles. The Morgan fingerprint density at radius 2 is 1.95 bits per heavy atom. The number of alkyl halides is 1. The highest BCUT2D eigenvalue weighted by molar-refractivity contribution is 9.09. The number of halogens is 1. The van der Waals surface area contributed by atoms with Crippen LogP contribution in [0.4, 0.5) is 0 Å². The molecule has 0 radical (unpaired) electrons. The van der Waals surface area contributed by atoms with Gasteiger partial charge in [0, 0.05) is 24.3 Å². The molecule has 20 heavy (non-hydrogen) atoms. The van der Waals surface area contributed by atoms with Crippen LogP contribution in [0.1, 0.15) is 30.4 Å². The first-order chi connectivity index (χ1) is 9.78. The number of hydrogen-bond donors (Lipinski definition) is 0. The van der Waals surface area contributed by atoms with Gasteiger partial charge < -0.3 is 4.90 Å². The summed E-state index contributed by atoms with van der Waals surface area (Å²) >= 11 is 3.52. The van der Waals surface area contributed by atoms with Crippen LogP contribution in [0.3, 0.4) is 0 Å². The van der Waals surface area contributed by atoms with Crippen molar-refractivity contribution in [3.63, 3.8) is 0 Å². The Balaban J connectivity index is 1.63. The summed E-state index contributed by atoms with van der Waals surface area (Å²) in [5.41, 5.74) is 2.75. The predicted molar refractivity (Wildman–Crippen MR) is 85.1 cm³/mol. The van der Waals surface area contributed by atoms with Crippen molar-refractivity contribution in [2.24, 2.45) is 11.8 Å². The highest BCUT2D eigenvalue weighted by atomic mass is 79.9. The van der Waals surface area contributed by atoms with E-state index in [2.05, 4.69) is 45.1 Å². The van der Waals surface area contributed by atoms with Gasteiger partial charge in [-0.15, -0.1) is 0 Å². The normalized spacial score (nSPS) is 22.9. The summed E-state index contributed by atoms with van der Waals surface area (Å²) in [5, 5.41) is 1.05. The lowest BCUT2D eigenvalue weighted by atomic mass is 9.94. The van der Waals surface area contributed by atoms with Crippen LogP contribution in [0.15, 0.2) is 24.3 Å². The van der Waals surface area contributed by atoms with E-state index in [0.717, 1.165) is 31.3 Å². The minimum atomic E-state index is 0.190. The van der Waals surface area contributed by atoms with E-state index < -0.39 is 0 Å². The highest BCUT2D eigenvalue weighted by Crippen LogP contribution is 2.29. The fourth-order valence-electron chi connectivity index (χ4n) is 3.65. The molecule has 1 aliphatic heterocycles. The zero-order chi connectivity index (χ0) is 13.9. The second-order valence-electron chi connectivity index (χ2n) is 6.14. The molecule has 3 rings (SSSR count). The van der Waals surface area contributed by atoms with Crippen molar-refractivity contribution in [2.75, 3.05) is 18.4 Å². The first-order valence-electron chi connectivity index (χ1n) is 7.69. The van der Waals surface area contributed by atoms with E-state index in [4.69, 9.17) is 0 Å². The first-order valence-corrected chi connectivity index (χ1v) is 8.81. The molecule has 0 spiro atoms. The van der Waals surface area contributed by atoms with Gasteiger partial charge in [0.15, 0.2) is 0 Å². The number of rotatable bonds is 3. The largest absolute Gasteiger partial charge is 0.342 e. The van der Waals surface area contributed by atoms with E-state index in [-0.39, 0.29) is 5.92 Å². The van der Waals surface area contributed by atoms with Crippen LogP contribution in [0.5, 0.6) is 0 Å². The van der Waals surface area contributed by atoms with E-state index in [9.17, 15) is 4.79 Å². The lowest BCUT2D eigenvalue weighted by molar-refractivity contribution is -0.137. The van der Waals surface area contributed by atoms with Crippen LogP contribution < -0.4 is 0 Å². The van der Waals surface area contributed by atoms with E-state index in [0.29, 0.717) is 11.8 Å². The van der Waals surface area contributed by atoms with Crippen LogP contribution in [0, 0.1) is 11.8 Å². The van der Waals surface area contributed by atoms with Gasteiger partial charge in [-0.1, -0.05) is 40.2 Å². The maximum absolute atomic E-state index is 12.7. The van der Waals surface area contributed by atoms with Crippen molar-refractivity contribution in [3.05, 3.63) is 35.4 Å². The van der Waals surface area contributed by atoms with Gasteiger partial charge in [0.25, 0.3) is 0 Å². The second-order valence-corrected chi connectivity index (χ2v) is 6.94. The Labute approximate surface area is 129 Å². The predicted octanol–water partition coefficient (Wildman–Crippen LogP) is 3.43. The molecule has 108 valence electrons. The molecule has 2 nitrogen and oxygen atoms in total. The summed E-state index contributed by atoms with van der Waals surface area (Å²) in [6, 6.07) is 8.51. The van der Waals surface area contributed by atoms with Crippen molar-refractivity contribution in [1.29, 1.82) is 0 Å². The van der Waals surface area contributed by atoms with Gasteiger partial charge in [0.2, 0.25) is 5.91 Å². The molecule has 1 fully saturated rings. The number of carbonyl (C=O) groups excluding carboxylic acids is 1. The summed E-state index contributed by atoms with van der Waals surface area (Å²) in [6.45, 7) is 1.93. The Morgan fingerprint density at radius 1 is 1.25 bits per heavy atom. The zero-order valence-corrected chi connectivity index (χ0v) is 13.4. The lowest BCUT2D eigenvalue weighted by Gasteiger charge is -2.34. The number of benzene rings is 1. The fraction of sp³-hybridized carbons (Fsp3) is 0.588. The number of carbonyl (C=O) groups is 1. The smallest absolute Gasteiger partial charge is 0.226 e. The number of fused-ring (bicyclic) bond motifs is 1. The molecule has 0 saturated carbocycles. The number of nitrogens with zero attached hydrogens (tertiary/aromatic N) is 1. The molecule has 0 N–H and O–H groups in total. The van der Waals surface area contributed by atoms with Gasteiger partial charge in [-0.05, 0) is 49.1 Å². The Kier molecular flexibility index (Phi) is 4.45. The highest BCUT2D eigenvalue weighted by Gasteiger charge is 2.32. The summed E-state index contributed by atoms with van der Waals surface area (Å²) in [5.74, 6) is 1.27. The minimum absolute atomic E-state index is 0.190. The topological polar surface area (TPSA) is 20.3 Å². The Morgan fingerprint density at radius 3 is 2.60 bits per heavy atom. The quantitative estimate of drug-likeness (QED) is 0.775. The second kappa shape index (κ2) is 6.30. The van der Waals surface area contributed by atoms with Crippen molar-refractivity contribution < 1.29 is 4.79 Å². The molecule has 2 aliphatic rings.